The lowest BCUT2D eigenvalue weighted by Gasteiger charge is -1.96. The molecule has 0 aliphatic rings. The van der Waals surface area contributed by atoms with E-state index in [9.17, 15) is 4.79 Å². The standard InChI is InChI=1S/CH2BNO4/c2-6-3-1(4)5-7-3/h2H2. The van der Waals surface area contributed by atoms with Crippen molar-refractivity contribution in [2.45, 2.75) is 0 Å². The zero-order valence-corrected chi connectivity index (χ0v) is 3.58. The maximum absolute atomic E-state index is 9.92. The molecular formula is CH2BNO4. The smallest absolute Gasteiger partial charge is 0.462 e. The van der Waals surface area contributed by atoms with Gasteiger partial charge in [0.25, 0.3) is 0 Å². The normalized spacial score (nSPS) is 9.14. The fourth-order valence-electron chi connectivity index (χ4n) is 0.203. The molecule has 7 heavy (non-hydrogen) atoms. The predicted molar refractivity (Wildman–Crippen MR) is 20.4 cm³/mol. The lowest BCUT2D eigenvalue weighted by atomic mass is 10.6. The molecule has 1 aromatic rings. The third kappa shape index (κ3) is 0.431. The molecule has 0 aliphatic carbocycles. The van der Waals surface area contributed by atoms with E-state index in [-0.39, 0.29) is 0 Å². The van der Waals surface area contributed by atoms with Crippen LogP contribution >= 0.6 is 0 Å². The van der Waals surface area contributed by atoms with Crippen molar-refractivity contribution in [1.29, 1.82) is 0 Å². The van der Waals surface area contributed by atoms with E-state index in [1.54, 1.807) is 0 Å². The van der Waals surface area contributed by atoms with Crippen molar-refractivity contribution in [2.24, 2.45) is 0 Å². The zero-order chi connectivity index (χ0) is 5.28. The van der Waals surface area contributed by atoms with Crippen LogP contribution in [-0.4, -0.2) is 13.0 Å². The first-order valence-electron chi connectivity index (χ1n) is 1.57. The molecule has 0 N–H and O–H groups in total. The molecule has 0 saturated carbocycles. The van der Waals surface area contributed by atoms with Crippen LogP contribution < -0.4 is 10.5 Å². The number of hydrogen-bond donors (Lipinski definition) is 0. The van der Waals surface area contributed by atoms with Crippen LogP contribution in [0.3, 0.4) is 0 Å². The lowest BCUT2D eigenvalue weighted by Crippen LogP contribution is -2.28. The highest BCUT2D eigenvalue weighted by Crippen LogP contribution is 1.70. The molecule has 1 rings (SSSR count). The van der Waals surface area contributed by atoms with E-state index in [4.69, 9.17) is 0 Å². The van der Waals surface area contributed by atoms with Crippen LogP contribution in [0.15, 0.2) is 14.1 Å². The summed E-state index contributed by atoms with van der Waals surface area (Å²) in [4.78, 5) is 10.5. The Balaban J connectivity index is 2.86. The van der Waals surface area contributed by atoms with Gasteiger partial charge in [-0.25, -0.2) is 4.79 Å². The summed E-state index contributed by atoms with van der Waals surface area (Å²) in [5.74, 6) is -0.637. The first kappa shape index (κ1) is 4.10. The predicted octanol–water partition coefficient (Wildman–Crippen LogP) is -1.99. The Kier molecular flexibility index (Phi) is 0.711. The highest BCUT2D eigenvalue weighted by Gasteiger charge is 2.00. The summed E-state index contributed by atoms with van der Waals surface area (Å²) in [5.41, 5.74) is 0. The van der Waals surface area contributed by atoms with Crippen molar-refractivity contribution in [3.63, 3.8) is 0 Å². The van der Waals surface area contributed by atoms with Crippen molar-refractivity contribution < 1.29 is 14.0 Å². The van der Waals surface area contributed by atoms with Gasteiger partial charge in [-0.05, 0) is 0 Å². The monoisotopic (exact) mass is 103 g/mol. The molecule has 6 heteroatoms. The van der Waals surface area contributed by atoms with Gasteiger partial charge in [0, 0.05) is 0 Å². The third-order valence-corrected chi connectivity index (χ3v) is 0.491. The van der Waals surface area contributed by atoms with E-state index in [2.05, 4.69) is 14.0 Å². The Morgan fingerprint density at radius 1 is 1.86 bits per heavy atom. The van der Waals surface area contributed by atoms with E-state index < -0.39 is 5.76 Å². The van der Waals surface area contributed by atoms with Gasteiger partial charge < -0.3 is 4.76 Å². The molecule has 0 radical (unpaired) electrons. The molecule has 1 heterocycles. The molecule has 0 spiro atoms. The van der Waals surface area contributed by atoms with Gasteiger partial charge in [0.1, 0.15) is 0 Å². The van der Waals surface area contributed by atoms with Crippen molar-refractivity contribution in [2.75, 3.05) is 0 Å². The van der Waals surface area contributed by atoms with E-state index >= 15 is 0 Å². The zero-order valence-electron chi connectivity index (χ0n) is 3.58. The van der Waals surface area contributed by atoms with Crippen LogP contribution in [0.25, 0.3) is 0 Å². The molecule has 0 aromatic carbocycles. The Bertz CT molecular complexity index is 182. The summed E-state index contributed by atoms with van der Waals surface area (Å²) in [5, 5.41) is 0. The molecule has 0 bridgehead atoms. The van der Waals surface area contributed by atoms with Gasteiger partial charge in [-0.1, -0.05) is 0 Å². The van der Waals surface area contributed by atoms with Crippen LogP contribution in [-0.2, 0) is 0 Å². The van der Waals surface area contributed by atoms with Crippen molar-refractivity contribution in [3.05, 3.63) is 10.6 Å². The maximum atomic E-state index is 9.92. The second kappa shape index (κ2) is 1.21. The molecule has 38 valence electrons. The fourth-order valence-corrected chi connectivity index (χ4v) is 0.203. The quantitative estimate of drug-likeness (QED) is 0.305. The topological polar surface area (TPSA) is 57.5 Å². The Hall–Kier alpha value is -1.07. The van der Waals surface area contributed by atoms with Crippen molar-refractivity contribution in [1.82, 2.24) is 4.90 Å². The molecule has 0 amide bonds. The van der Waals surface area contributed by atoms with Gasteiger partial charge >= 0.3 is 13.8 Å². The first-order chi connectivity index (χ1) is 3.34. The highest BCUT2D eigenvalue weighted by atomic mass is 17.1. The molecule has 0 unspecified atom stereocenters. The SMILES string of the molecule is BOn1ooc1=O. The van der Waals surface area contributed by atoms with E-state index in [1.807, 2.05) is 0 Å². The van der Waals surface area contributed by atoms with Crippen molar-refractivity contribution in [3.8, 4) is 0 Å². The number of rotatable bonds is 1. The van der Waals surface area contributed by atoms with Crippen LogP contribution in [0, 0.1) is 0 Å². The number of nitrogens with zero attached hydrogens (tertiary/aromatic N) is 1. The second-order valence-corrected chi connectivity index (χ2v) is 0.863. The molecular weight excluding hydrogens is 101 g/mol. The van der Waals surface area contributed by atoms with Crippen LogP contribution in [0.1, 0.15) is 0 Å². The minimum Gasteiger partial charge on any atom is -0.462 e. The maximum Gasteiger partial charge on any atom is 0.524 e. The number of hydrogen-bond acceptors (Lipinski definition) is 4. The van der Waals surface area contributed by atoms with Crippen LogP contribution in [0.2, 0.25) is 0 Å². The molecule has 0 atom stereocenters. The van der Waals surface area contributed by atoms with E-state index in [0.29, 0.717) is 4.90 Å². The fraction of sp³-hybridized carbons (Fsp3) is 0. The Morgan fingerprint density at radius 2 is 2.57 bits per heavy atom. The molecule has 0 saturated heterocycles. The van der Waals surface area contributed by atoms with Gasteiger partial charge in [0.15, 0.2) is 0 Å². The van der Waals surface area contributed by atoms with Crippen LogP contribution in [0.5, 0.6) is 0 Å². The average Bonchev–Trinajstić information content (AvgIpc) is 1.65. The summed E-state index contributed by atoms with van der Waals surface area (Å²) in [7, 11) is 1.29. The van der Waals surface area contributed by atoms with Gasteiger partial charge in [-0.15, -0.1) is 4.68 Å². The van der Waals surface area contributed by atoms with Gasteiger partial charge in [-0.2, -0.15) is 4.58 Å². The Morgan fingerprint density at radius 3 is 2.57 bits per heavy atom. The number of aromatic nitrogens is 1. The lowest BCUT2D eigenvalue weighted by molar-refractivity contribution is -0.220. The van der Waals surface area contributed by atoms with Gasteiger partial charge in [-0.3, -0.25) is 0 Å². The highest BCUT2D eigenvalue weighted by molar-refractivity contribution is 5.98. The van der Waals surface area contributed by atoms with Gasteiger partial charge in [0.2, 0.25) is 0 Å². The largest absolute Gasteiger partial charge is 0.524 e. The van der Waals surface area contributed by atoms with Crippen LogP contribution in [0.4, 0.5) is 0 Å². The molecule has 5 nitrogen and oxygen atoms in total. The molecule has 0 aliphatic heterocycles. The average molecular weight is 103 g/mol. The molecule has 0 fully saturated rings. The summed E-state index contributed by atoms with van der Waals surface area (Å²) < 4.78 is 12.0. The second-order valence-electron chi connectivity index (χ2n) is 0.863. The minimum absolute atomic E-state index is 0.611. The summed E-state index contributed by atoms with van der Waals surface area (Å²) in [6.45, 7) is 0. The third-order valence-electron chi connectivity index (χ3n) is 0.491. The van der Waals surface area contributed by atoms with Gasteiger partial charge in [0.05, 0.1) is 4.90 Å². The summed E-state index contributed by atoms with van der Waals surface area (Å²) >= 11 is 0. The van der Waals surface area contributed by atoms with E-state index in [1.165, 1.54) is 8.05 Å². The molecule has 1 aromatic heterocycles. The van der Waals surface area contributed by atoms with E-state index in [0.717, 1.165) is 0 Å². The Labute approximate surface area is 38.7 Å². The minimum atomic E-state index is -0.637. The summed E-state index contributed by atoms with van der Waals surface area (Å²) in [6, 6.07) is 0. The summed E-state index contributed by atoms with van der Waals surface area (Å²) in [6.07, 6.45) is 0. The first-order valence-corrected chi connectivity index (χ1v) is 1.57. The van der Waals surface area contributed by atoms with Crippen molar-refractivity contribution >= 4 is 8.05 Å².